The SMILES string of the molecule is CCOCCCN(CC(=O)N(Cc1ccccc1)Cc1sccc1C)C(=O)Nc1cccc(C#N)c1. The molecule has 8 heteroatoms. The van der Waals surface area contributed by atoms with Crippen molar-refractivity contribution in [3.05, 3.63) is 87.6 Å². The number of nitrogens with zero attached hydrogens (tertiary/aromatic N) is 3. The molecule has 0 fully saturated rings. The van der Waals surface area contributed by atoms with Crippen molar-refractivity contribution in [3.63, 3.8) is 0 Å². The van der Waals surface area contributed by atoms with Crippen LogP contribution in [0.2, 0.25) is 0 Å². The summed E-state index contributed by atoms with van der Waals surface area (Å²) in [6.45, 7) is 6.30. The summed E-state index contributed by atoms with van der Waals surface area (Å²) in [6.07, 6.45) is 0.607. The molecule has 0 saturated carbocycles. The van der Waals surface area contributed by atoms with Gasteiger partial charge in [-0.05, 0) is 61.0 Å². The number of anilines is 1. The minimum absolute atomic E-state index is 0.0623. The summed E-state index contributed by atoms with van der Waals surface area (Å²) in [4.78, 5) is 31.2. The first kappa shape index (κ1) is 26.9. The fourth-order valence-electron chi connectivity index (χ4n) is 3.66. The average molecular weight is 505 g/mol. The molecule has 0 bridgehead atoms. The minimum atomic E-state index is -0.387. The molecule has 0 aliphatic rings. The van der Waals surface area contributed by atoms with Crippen molar-refractivity contribution >= 4 is 29.0 Å². The Kier molecular flexibility index (Phi) is 10.5. The van der Waals surface area contributed by atoms with E-state index in [1.165, 1.54) is 4.90 Å². The van der Waals surface area contributed by atoms with Gasteiger partial charge >= 0.3 is 6.03 Å². The third kappa shape index (κ3) is 8.22. The van der Waals surface area contributed by atoms with Crippen LogP contribution in [0.15, 0.2) is 66.0 Å². The standard InChI is InChI=1S/C28H32N4O3S/c1-3-35-15-8-14-31(28(34)30-25-12-7-11-24(17-25)18-29)21-27(33)32(19-23-9-5-4-6-10-23)20-26-22(2)13-16-36-26/h4-7,9-13,16-17H,3,8,14-15,19-21H2,1-2H3,(H,30,34). The highest BCUT2D eigenvalue weighted by molar-refractivity contribution is 7.10. The minimum Gasteiger partial charge on any atom is -0.382 e. The third-order valence-corrected chi connectivity index (χ3v) is 6.66. The largest absolute Gasteiger partial charge is 0.382 e. The second-order valence-electron chi connectivity index (χ2n) is 8.36. The Morgan fingerprint density at radius 1 is 1.06 bits per heavy atom. The lowest BCUT2D eigenvalue weighted by Crippen LogP contribution is -2.44. The van der Waals surface area contributed by atoms with E-state index in [1.54, 1.807) is 40.5 Å². The van der Waals surface area contributed by atoms with Gasteiger partial charge in [-0.3, -0.25) is 4.79 Å². The van der Waals surface area contributed by atoms with Crippen molar-refractivity contribution in [2.45, 2.75) is 33.4 Å². The van der Waals surface area contributed by atoms with Gasteiger partial charge in [-0.15, -0.1) is 11.3 Å². The molecule has 3 amide bonds. The number of nitriles is 1. The lowest BCUT2D eigenvalue weighted by molar-refractivity contribution is -0.133. The normalized spacial score (nSPS) is 10.5. The summed E-state index contributed by atoms with van der Waals surface area (Å²) in [5.74, 6) is -0.135. The fourth-order valence-corrected chi connectivity index (χ4v) is 4.58. The molecule has 1 heterocycles. The van der Waals surface area contributed by atoms with E-state index in [0.29, 0.717) is 50.5 Å². The molecule has 36 heavy (non-hydrogen) atoms. The summed E-state index contributed by atoms with van der Waals surface area (Å²) in [7, 11) is 0. The predicted molar refractivity (Wildman–Crippen MR) is 143 cm³/mol. The Bertz CT molecular complexity index is 1170. The molecule has 0 aliphatic carbocycles. The van der Waals surface area contributed by atoms with Gasteiger partial charge in [-0.1, -0.05) is 36.4 Å². The first-order valence-electron chi connectivity index (χ1n) is 12.0. The lowest BCUT2D eigenvalue weighted by Gasteiger charge is -2.28. The zero-order valence-electron chi connectivity index (χ0n) is 20.8. The van der Waals surface area contributed by atoms with Crippen LogP contribution in [0.1, 0.15) is 34.9 Å². The lowest BCUT2D eigenvalue weighted by atomic mass is 10.2. The van der Waals surface area contributed by atoms with Crippen LogP contribution in [-0.4, -0.2) is 48.0 Å². The molecule has 1 N–H and O–H groups in total. The van der Waals surface area contributed by atoms with E-state index in [2.05, 4.69) is 11.4 Å². The van der Waals surface area contributed by atoms with Gasteiger partial charge in [-0.25, -0.2) is 4.79 Å². The van der Waals surface area contributed by atoms with Gasteiger partial charge in [0.1, 0.15) is 6.54 Å². The quantitative estimate of drug-likeness (QED) is 0.334. The molecular weight excluding hydrogens is 472 g/mol. The summed E-state index contributed by atoms with van der Waals surface area (Å²) >= 11 is 1.63. The van der Waals surface area contributed by atoms with Crippen LogP contribution in [0.25, 0.3) is 0 Å². The van der Waals surface area contributed by atoms with Crippen LogP contribution < -0.4 is 5.32 Å². The number of ether oxygens (including phenoxy) is 1. The molecule has 1 aromatic heterocycles. The monoisotopic (exact) mass is 504 g/mol. The molecule has 0 saturated heterocycles. The Balaban J connectivity index is 1.77. The van der Waals surface area contributed by atoms with Crippen molar-refractivity contribution in [1.29, 1.82) is 5.26 Å². The highest BCUT2D eigenvalue weighted by Gasteiger charge is 2.23. The summed E-state index contributed by atoms with van der Waals surface area (Å²) < 4.78 is 5.44. The molecule has 0 aliphatic heterocycles. The molecule has 2 aromatic carbocycles. The van der Waals surface area contributed by atoms with Gasteiger partial charge in [0.2, 0.25) is 5.91 Å². The molecule has 188 valence electrons. The first-order chi connectivity index (χ1) is 17.5. The van der Waals surface area contributed by atoms with Gasteiger partial charge in [-0.2, -0.15) is 5.26 Å². The maximum atomic E-state index is 13.6. The number of carbonyl (C=O) groups excluding carboxylic acids is 2. The number of hydrogen-bond acceptors (Lipinski definition) is 5. The van der Waals surface area contributed by atoms with E-state index in [0.717, 1.165) is 16.0 Å². The maximum absolute atomic E-state index is 13.6. The molecular formula is C28H32N4O3S. The smallest absolute Gasteiger partial charge is 0.322 e. The molecule has 7 nitrogen and oxygen atoms in total. The highest BCUT2D eigenvalue weighted by atomic mass is 32.1. The van der Waals surface area contributed by atoms with E-state index >= 15 is 0 Å². The predicted octanol–water partition coefficient (Wildman–Crippen LogP) is 5.42. The second-order valence-corrected chi connectivity index (χ2v) is 9.36. The molecule has 0 spiro atoms. The number of rotatable bonds is 12. The molecule has 0 radical (unpaired) electrons. The highest BCUT2D eigenvalue weighted by Crippen LogP contribution is 2.20. The number of urea groups is 1. The van der Waals surface area contributed by atoms with Crippen molar-refractivity contribution in [3.8, 4) is 6.07 Å². The number of amides is 3. The van der Waals surface area contributed by atoms with E-state index in [4.69, 9.17) is 10.00 Å². The van der Waals surface area contributed by atoms with Gasteiger partial charge in [0.05, 0.1) is 18.2 Å². The zero-order valence-corrected chi connectivity index (χ0v) is 21.6. The summed E-state index contributed by atoms with van der Waals surface area (Å²) in [5, 5.41) is 14.0. The second kappa shape index (κ2) is 14.0. The van der Waals surface area contributed by atoms with Crippen LogP contribution >= 0.6 is 11.3 Å². The van der Waals surface area contributed by atoms with Gasteiger partial charge in [0.25, 0.3) is 0 Å². The number of hydrogen-bond donors (Lipinski definition) is 1. The molecule has 3 aromatic rings. The first-order valence-corrected chi connectivity index (χ1v) is 12.9. The number of carbonyl (C=O) groups is 2. The maximum Gasteiger partial charge on any atom is 0.322 e. The van der Waals surface area contributed by atoms with Crippen LogP contribution in [0.3, 0.4) is 0 Å². The molecule has 0 unspecified atom stereocenters. The summed E-state index contributed by atoms with van der Waals surface area (Å²) in [5.41, 5.74) is 3.14. The number of benzene rings is 2. The van der Waals surface area contributed by atoms with Crippen molar-refractivity contribution < 1.29 is 14.3 Å². The van der Waals surface area contributed by atoms with Crippen molar-refractivity contribution in [2.75, 3.05) is 31.6 Å². The topological polar surface area (TPSA) is 85.7 Å². The van der Waals surface area contributed by atoms with Gasteiger partial charge in [0, 0.05) is 36.9 Å². The Morgan fingerprint density at radius 2 is 1.86 bits per heavy atom. The van der Waals surface area contributed by atoms with Crippen LogP contribution in [-0.2, 0) is 22.6 Å². The van der Waals surface area contributed by atoms with Crippen molar-refractivity contribution in [2.24, 2.45) is 0 Å². The van der Waals surface area contributed by atoms with E-state index < -0.39 is 0 Å². The Morgan fingerprint density at radius 3 is 2.56 bits per heavy atom. The van der Waals surface area contributed by atoms with Crippen molar-refractivity contribution in [1.82, 2.24) is 9.80 Å². The number of nitrogens with one attached hydrogen (secondary N) is 1. The molecule has 0 atom stereocenters. The number of aryl methyl sites for hydroxylation is 1. The fraction of sp³-hybridized carbons (Fsp3) is 0.321. The van der Waals surface area contributed by atoms with Gasteiger partial charge < -0.3 is 19.9 Å². The van der Waals surface area contributed by atoms with Crippen LogP contribution in [0.4, 0.5) is 10.5 Å². The Labute approximate surface area is 216 Å². The van der Waals surface area contributed by atoms with Crippen LogP contribution in [0.5, 0.6) is 0 Å². The Hall–Kier alpha value is -3.67. The van der Waals surface area contributed by atoms with E-state index in [-0.39, 0.29) is 18.5 Å². The average Bonchev–Trinajstić information content (AvgIpc) is 3.30. The van der Waals surface area contributed by atoms with E-state index in [9.17, 15) is 9.59 Å². The third-order valence-electron chi connectivity index (χ3n) is 5.65. The molecule has 3 rings (SSSR count). The summed E-state index contributed by atoms with van der Waals surface area (Å²) in [6, 6.07) is 20.3. The number of thiophene rings is 1. The van der Waals surface area contributed by atoms with E-state index in [1.807, 2.05) is 55.6 Å². The van der Waals surface area contributed by atoms with Gasteiger partial charge in [0.15, 0.2) is 0 Å². The van der Waals surface area contributed by atoms with Crippen LogP contribution in [0, 0.1) is 18.3 Å². The zero-order chi connectivity index (χ0) is 25.8.